The van der Waals surface area contributed by atoms with E-state index in [0.717, 1.165) is 17.9 Å². The van der Waals surface area contributed by atoms with Gasteiger partial charge in [0.05, 0.1) is 13.2 Å². The first kappa shape index (κ1) is 16.0. The Morgan fingerprint density at radius 1 is 1.16 bits per heavy atom. The number of ether oxygens (including phenoxy) is 1. The molecule has 0 aliphatic carbocycles. The van der Waals surface area contributed by atoms with Crippen LogP contribution in [0.15, 0.2) is 24.3 Å². The highest BCUT2D eigenvalue weighted by Gasteiger charge is 2.15. The number of aliphatic hydroxyl groups excluding tert-OH is 1. The Morgan fingerprint density at radius 3 is 2.42 bits per heavy atom. The zero-order valence-electron chi connectivity index (χ0n) is 12.4. The molecule has 2 atom stereocenters. The molecule has 0 bridgehead atoms. The van der Waals surface area contributed by atoms with E-state index in [2.05, 4.69) is 12.2 Å². The van der Waals surface area contributed by atoms with E-state index in [1.807, 2.05) is 31.2 Å². The van der Waals surface area contributed by atoms with Crippen molar-refractivity contribution in [2.75, 3.05) is 13.7 Å². The molecule has 108 valence electrons. The van der Waals surface area contributed by atoms with Crippen molar-refractivity contribution in [1.82, 2.24) is 5.32 Å². The SMILES string of the molecule is CCCCCCNC(C)C(O)c1ccc(OC)cc1. The molecule has 1 rings (SSSR count). The van der Waals surface area contributed by atoms with Crippen LogP contribution in [-0.2, 0) is 0 Å². The minimum atomic E-state index is -0.475. The number of aliphatic hydroxyl groups is 1. The van der Waals surface area contributed by atoms with Gasteiger partial charge in [-0.2, -0.15) is 0 Å². The largest absolute Gasteiger partial charge is 0.497 e. The van der Waals surface area contributed by atoms with Gasteiger partial charge in [-0.1, -0.05) is 38.3 Å². The van der Waals surface area contributed by atoms with Crippen LogP contribution < -0.4 is 10.1 Å². The summed E-state index contributed by atoms with van der Waals surface area (Å²) in [4.78, 5) is 0. The number of hydrogen-bond acceptors (Lipinski definition) is 3. The van der Waals surface area contributed by atoms with Gasteiger partial charge in [-0.25, -0.2) is 0 Å². The summed E-state index contributed by atoms with van der Waals surface area (Å²) in [7, 11) is 1.64. The molecule has 19 heavy (non-hydrogen) atoms. The van der Waals surface area contributed by atoms with Gasteiger partial charge in [0.2, 0.25) is 0 Å². The van der Waals surface area contributed by atoms with E-state index >= 15 is 0 Å². The molecule has 3 heteroatoms. The molecule has 0 aliphatic heterocycles. The minimum absolute atomic E-state index is 0.0648. The Labute approximate surface area is 117 Å². The summed E-state index contributed by atoms with van der Waals surface area (Å²) in [5, 5.41) is 13.6. The van der Waals surface area contributed by atoms with E-state index in [9.17, 15) is 5.11 Å². The minimum Gasteiger partial charge on any atom is -0.497 e. The lowest BCUT2D eigenvalue weighted by molar-refractivity contribution is 0.136. The van der Waals surface area contributed by atoms with Gasteiger partial charge in [0.25, 0.3) is 0 Å². The molecule has 0 aliphatic rings. The maximum Gasteiger partial charge on any atom is 0.118 e. The second-order valence-electron chi connectivity index (χ2n) is 5.02. The molecule has 0 heterocycles. The third-order valence-electron chi connectivity index (χ3n) is 3.43. The molecular weight excluding hydrogens is 238 g/mol. The van der Waals surface area contributed by atoms with Gasteiger partial charge in [-0.15, -0.1) is 0 Å². The topological polar surface area (TPSA) is 41.5 Å². The second-order valence-corrected chi connectivity index (χ2v) is 5.02. The van der Waals surface area contributed by atoms with Crippen molar-refractivity contribution in [3.05, 3.63) is 29.8 Å². The number of nitrogens with one attached hydrogen (secondary N) is 1. The van der Waals surface area contributed by atoms with E-state index in [-0.39, 0.29) is 6.04 Å². The summed E-state index contributed by atoms with van der Waals surface area (Å²) < 4.78 is 5.11. The predicted molar refractivity (Wildman–Crippen MR) is 79.6 cm³/mol. The van der Waals surface area contributed by atoms with Crippen molar-refractivity contribution in [3.63, 3.8) is 0 Å². The van der Waals surface area contributed by atoms with Gasteiger partial charge < -0.3 is 15.2 Å². The molecule has 1 aromatic rings. The van der Waals surface area contributed by atoms with Crippen LogP contribution in [0.5, 0.6) is 5.75 Å². The van der Waals surface area contributed by atoms with Crippen molar-refractivity contribution in [1.29, 1.82) is 0 Å². The Morgan fingerprint density at radius 2 is 1.84 bits per heavy atom. The maximum absolute atomic E-state index is 10.3. The van der Waals surface area contributed by atoms with Crippen LogP contribution in [0.2, 0.25) is 0 Å². The van der Waals surface area contributed by atoms with Gasteiger partial charge in [0.15, 0.2) is 0 Å². The van der Waals surface area contributed by atoms with Crippen LogP contribution in [0.4, 0.5) is 0 Å². The zero-order valence-corrected chi connectivity index (χ0v) is 12.4. The van der Waals surface area contributed by atoms with Gasteiger partial charge in [-0.05, 0) is 37.6 Å². The van der Waals surface area contributed by atoms with Crippen molar-refractivity contribution in [2.45, 2.75) is 51.7 Å². The van der Waals surface area contributed by atoms with E-state index in [1.165, 1.54) is 25.7 Å². The summed E-state index contributed by atoms with van der Waals surface area (Å²) in [6, 6.07) is 7.66. The Bertz CT molecular complexity index is 337. The Hall–Kier alpha value is -1.06. The quantitative estimate of drug-likeness (QED) is 0.673. The molecule has 2 unspecified atom stereocenters. The summed E-state index contributed by atoms with van der Waals surface area (Å²) in [6.45, 7) is 5.20. The van der Waals surface area contributed by atoms with E-state index in [4.69, 9.17) is 4.74 Å². The number of methoxy groups -OCH3 is 1. The van der Waals surface area contributed by atoms with E-state index in [0.29, 0.717) is 0 Å². The lowest BCUT2D eigenvalue weighted by Gasteiger charge is -2.21. The van der Waals surface area contributed by atoms with Crippen LogP contribution in [-0.4, -0.2) is 24.8 Å². The van der Waals surface area contributed by atoms with Crippen molar-refractivity contribution in [2.24, 2.45) is 0 Å². The highest BCUT2D eigenvalue weighted by atomic mass is 16.5. The van der Waals surface area contributed by atoms with Gasteiger partial charge in [-0.3, -0.25) is 0 Å². The van der Waals surface area contributed by atoms with Gasteiger partial charge >= 0.3 is 0 Å². The zero-order chi connectivity index (χ0) is 14.1. The second kappa shape index (κ2) is 8.94. The fourth-order valence-corrected chi connectivity index (χ4v) is 2.08. The molecule has 0 radical (unpaired) electrons. The lowest BCUT2D eigenvalue weighted by atomic mass is 10.0. The summed E-state index contributed by atoms with van der Waals surface area (Å²) in [5.74, 6) is 0.816. The molecule has 0 spiro atoms. The smallest absolute Gasteiger partial charge is 0.118 e. The first-order valence-corrected chi connectivity index (χ1v) is 7.24. The molecule has 0 amide bonds. The first-order chi connectivity index (χ1) is 9.19. The molecule has 1 aromatic carbocycles. The number of rotatable bonds is 9. The predicted octanol–water partition coefficient (Wildman–Crippen LogP) is 3.29. The lowest BCUT2D eigenvalue weighted by Crippen LogP contribution is -2.32. The molecule has 2 N–H and O–H groups in total. The summed E-state index contributed by atoms with van der Waals surface area (Å²) in [6.07, 6.45) is 4.50. The standard InChI is InChI=1S/C16H27NO2/c1-4-5-6-7-12-17-13(2)16(18)14-8-10-15(19-3)11-9-14/h8-11,13,16-18H,4-7,12H2,1-3H3. The molecule has 3 nitrogen and oxygen atoms in total. The van der Waals surface area contributed by atoms with Crippen molar-refractivity contribution < 1.29 is 9.84 Å². The number of hydrogen-bond donors (Lipinski definition) is 2. The summed E-state index contributed by atoms with van der Waals surface area (Å²) >= 11 is 0. The fourth-order valence-electron chi connectivity index (χ4n) is 2.08. The average Bonchev–Trinajstić information content (AvgIpc) is 2.46. The fraction of sp³-hybridized carbons (Fsp3) is 0.625. The van der Waals surface area contributed by atoms with Crippen molar-refractivity contribution in [3.8, 4) is 5.75 Å². The monoisotopic (exact) mass is 265 g/mol. The molecule has 0 aromatic heterocycles. The van der Waals surface area contributed by atoms with Gasteiger partial charge in [0.1, 0.15) is 5.75 Å². The van der Waals surface area contributed by atoms with Crippen LogP contribution in [0.3, 0.4) is 0 Å². The summed E-state index contributed by atoms with van der Waals surface area (Å²) in [5.41, 5.74) is 0.925. The highest BCUT2D eigenvalue weighted by molar-refractivity contribution is 5.28. The number of benzene rings is 1. The van der Waals surface area contributed by atoms with E-state index < -0.39 is 6.10 Å². The average molecular weight is 265 g/mol. The van der Waals surface area contributed by atoms with Crippen LogP contribution in [0.25, 0.3) is 0 Å². The molecule has 0 fully saturated rings. The van der Waals surface area contributed by atoms with Gasteiger partial charge in [0, 0.05) is 6.04 Å². The first-order valence-electron chi connectivity index (χ1n) is 7.24. The van der Waals surface area contributed by atoms with Crippen LogP contribution in [0, 0.1) is 0 Å². The molecular formula is C16H27NO2. The maximum atomic E-state index is 10.3. The van der Waals surface area contributed by atoms with Crippen LogP contribution in [0.1, 0.15) is 51.2 Å². The Balaban J connectivity index is 2.36. The normalized spacial score (nSPS) is 14.1. The van der Waals surface area contributed by atoms with E-state index in [1.54, 1.807) is 7.11 Å². The Kier molecular flexibility index (Phi) is 7.53. The molecule has 0 saturated heterocycles. The van der Waals surface area contributed by atoms with Crippen molar-refractivity contribution >= 4 is 0 Å². The number of unbranched alkanes of at least 4 members (excludes halogenated alkanes) is 3. The third-order valence-corrected chi connectivity index (χ3v) is 3.43. The third kappa shape index (κ3) is 5.62. The van der Waals surface area contributed by atoms with Crippen LogP contribution >= 0.6 is 0 Å². The molecule has 0 saturated carbocycles. The highest BCUT2D eigenvalue weighted by Crippen LogP contribution is 2.20.